The SMILES string of the molecule is CNC(C(=O)N1CCCC(O)(C(F)(F)F)C1)c1cnn(C)c1.Cl. The Balaban J connectivity index is 0.00000264. The van der Waals surface area contributed by atoms with Crippen molar-refractivity contribution < 1.29 is 23.1 Å². The van der Waals surface area contributed by atoms with E-state index in [0.717, 1.165) is 4.90 Å². The monoisotopic (exact) mass is 356 g/mol. The number of hydrogen-bond donors (Lipinski definition) is 2. The number of aryl methyl sites for hydroxylation is 1. The fourth-order valence-corrected chi connectivity index (χ4v) is 2.66. The Morgan fingerprint density at radius 2 is 2.17 bits per heavy atom. The average molecular weight is 357 g/mol. The molecule has 1 aromatic rings. The van der Waals surface area contributed by atoms with E-state index < -0.39 is 36.7 Å². The number of carbonyl (C=O) groups is 1. The van der Waals surface area contributed by atoms with Crippen LogP contribution < -0.4 is 5.32 Å². The number of likely N-dealkylation sites (tertiary alicyclic amines) is 1. The summed E-state index contributed by atoms with van der Waals surface area (Å²) in [6.45, 7) is -0.552. The maximum absolute atomic E-state index is 13.0. The summed E-state index contributed by atoms with van der Waals surface area (Å²) < 4.78 is 40.4. The molecule has 1 amide bonds. The zero-order chi connectivity index (χ0) is 16.5. The van der Waals surface area contributed by atoms with Gasteiger partial charge in [0.1, 0.15) is 6.04 Å². The van der Waals surface area contributed by atoms with Crippen LogP contribution in [0.5, 0.6) is 0 Å². The Labute approximate surface area is 138 Å². The molecule has 1 aliphatic rings. The van der Waals surface area contributed by atoms with E-state index in [-0.39, 0.29) is 25.4 Å². The summed E-state index contributed by atoms with van der Waals surface area (Å²) >= 11 is 0. The zero-order valence-corrected chi connectivity index (χ0v) is 13.6. The second-order valence-corrected chi connectivity index (χ2v) is 5.56. The molecule has 2 heterocycles. The Hall–Kier alpha value is -1.32. The number of nitrogens with zero attached hydrogens (tertiary/aromatic N) is 3. The highest BCUT2D eigenvalue weighted by Gasteiger charge is 2.56. The first-order valence-electron chi connectivity index (χ1n) is 6.91. The van der Waals surface area contributed by atoms with Gasteiger partial charge >= 0.3 is 6.18 Å². The van der Waals surface area contributed by atoms with Gasteiger partial charge in [-0.05, 0) is 19.9 Å². The number of piperidine rings is 1. The topological polar surface area (TPSA) is 70.4 Å². The van der Waals surface area contributed by atoms with E-state index in [1.807, 2.05) is 0 Å². The smallest absolute Gasteiger partial charge is 0.379 e. The van der Waals surface area contributed by atoms with Gasteiger partial charge < -0.3 is 15.3 Å². The molecular formula is C13H20ClF3N4O2. The number of alkyl halides is 3. The van der Waals surface area contributed by atoms with Crippen LogP contribution in [0, 0.1) is 0 Å². The van der Waals surface area contributed by atoms with Crippen molar-refractivity contribution in [2.45, 2.75) is 30.7 Å². The van der Waals surface area contributed by atoms with E-state index in [2.05, 4.69) is 10.4 Å². The Morgan fingerprint density at radius 3 is 2.65 bits per heavy atom. The van der Waals surface area contributed by atoms with Crippen molar-refractivity contribution in [2.24, 2.45) is 7.05 Å². The van der Waals surface area contributed by atoms with E-state index >= 15 is 0 Å². The molecule has 1 fully saturated rings. The number of likely N-dealkylation sites (N-methyl/N-ethyl adjacent to an activating group) is 1. The minimum Gasteiger partial charge on any atom is -0.379 e. The Morgan fingerprint density at radius 1 is 1.52 bits per heavy atom. The summed E-state index contributed by atoms with van der Waals surface area (Å²) in [7, 11) is 3.24. The first-order chi connectivity index (χ1) is 10.2. The van der Waals surface area contributed by atoms with Crippen molar-refractivity contribution >= 4 is 18.3 Å². The van der Waals surface area contributed by atoms with Gasteiger partial charge in [-0.25, -0.2) is 0 Å². The average Bonchev–Trinajstić information content (AvgIpc) is 2.85. The normalized spacial score (nSPS) is 23.3. The summed E-state index contributed by atoms with van der Waals surface area (Å²) in [5, 5.41) is 16.5. The van der Waals surface area contributed by atoms with Crippen LogP contribution >= 0.6 is 12.4 Å². The third kappa shape index (κ3) is 3.96. The maximum atomic E-state index is 13.0. The lowest BCUT2D eigenvalue weighted by Crippen LogP contribution is -2.59. The molecule has 0 saturated carbocycles. The summed E-state index contributed by atoms with van der Waals surface area (Å²) in [5.74, 6) is -0.502. The molecule has 0 spiro atoms. The molecule has 1 aliphatic heterocycles. The number of amides is 1. The number of carbonyl (C=O) groups excluding carboxylic acids is 1. The molecule has 23 heavy (non-hydrogen) atoms. The van der Waals surface area contributed by atoms with E-state index in [0.29, 0.717) is 5.56 Å². The quantitative estimate of drug-likeness (QED) is 0.848. The molecule has 10 heteroatoms. The molecule has 2 unspecified atom stereocenters. The molecule has 0 aromatic carbocycles. The molecular weight excluding hydrogens is 337 g/mol. The van der Waals surface area contributed by atoms with Crippen molar-refractivity contribution in [3.8, 4) is 0 Å². The molecule has 0 radical (unpaired) electrons. The van der Waals surface area contributed by atoms with Gasteiger partial charge in [0.05, 0.1) is 12.7 Å². The van der Waals surface area contributed by atoms with Gasteiger partial charge in [0, 0.05) is 25.4 Å². The van der Waals surface area contributed by atoms with Crippen LogP contribution in [0.1, 0.15) is 24.4 Å². The highest BCUT2D eigenvalue weighted by molar-refractivity contribution is 5.85. The lowest BCUT2D eigenvalue weighted by Gasteiger charge is -2.41. The van der Waals surface area contributed by atoms with Gasteiger partial charge in [-0.3, -0.25) is 9.48 Å². The second kappa shape index (κ2) is 7.06. The molecule has 1 saturated heterocycles. The van der Waals surface area contributed by atoms with Gasteiger partial charge in [-0.2, -0.15) is 18.3 Å². The van der Waals surface area contributed by atoms with Crippen LogP contribution in [0.4, 0.5) is 13.2 Å². The van der Waals surface area contributed by atoms with Gasteiger partial charge in [0.2, 0.25) is 5.91 Å². The highest BCUT2D eigenvalue weighted by atomic mass is 35.5. The molecule has 2 N–H and O–H groups in total. The van der Waals surface area contributed by atoms with Crippen molar-refractivity contribution in [1.29, 1.82) is 0 Å². The van der Waals surface area contributed by atoms with E-state index in [1.165, 1.54) is 10.9 Å². The molecule has 6 nitrogen and oxygen atoms in total. The minimum atomic E-state index is -4.75. The lowest BCUT2D eigenvalue weighted by atomic mass is 9.91. The van der Waals surface area contributed by atoms with Gasteiger partial charge in [-0.1, -0.05) is 0 Å². The van der Waals surface area contributed by atoms with Crippen LogP contribution in [0.25, 0.3) is 0 Å². The van der Waals surface area contributed by atoms with E-state index in [1.54, 1.807) is 20.3 Å². The molecule has 2 rings (SSSR count). The molecule has 2 atom stereocenters. The number of β-amino-alcohol motifs (C(OH)–C–C–N with tert-alkyl or cyclic N) is 1. The second-order valence-electron chi connectivity index (χ2n) is 5.56. The van der Waals surface area contributed by atoms with Crippen LogP contribution in [0.15, 0.2) is 12.4 Å². The molecule has 0 aliphatic carbocycles. The van der Waals surface area contributed by atoms with Crippen molar-refractivity contribution in [3.05, 3.63) is 18.0 Å². The van der Waals surface area contributed by atoms with Crippen molar-refractivity contribution in [1.82, 2.24) is 20.0 Å². The van der Waals surface area contributed by atoms with Crippen LogP contribution in [0.2, 0.25) is 0 Å². The predicted molar refractivity (Wildman–Crippen MR) is 79.1 cm³/mol. The number of aromatic nitrogens is 2. The number of halogens is 4. The molecule has 0 bridgehead atoms. The summed E-state index contributed by atoms with van der Waals surface area (Å²) in [6.07, 6.45) is -1.93. The van der Waals surface area contributed by atoms with Crippen molar-refractivity contribution in [3.63, 3.8) is 0 Å². The fraction of sp³-hybridized carbons (Fsp3) is 0.692. The van der Waals surface area contributed by atoms with Crippen LogP contribution in [-0.2, 0) is 11.8 Å². The zero-order valence-electron chi connectivity index (χ0n) is 12.8. The van der Waals surface area contributed by atoms with Crippen molar-refractivity contribution in [2.75, 3.05) is 20.1 Å². The van der Waals surface area contributed by atoms with Crippen LogP contribution in [-0.4, -0.2) is 57.6 Å². The first-order valence-corrected chi connectivity index (χ1v) is 6.91. The molecule has 132 valence electrons. The minimum absolute atomic E-state index is 0. The van der Waals surface area contributed by atoms with E-state index in [9.17, 15) is 23.1 Å². The first kappa shape index (κ1) is 19.7. The third-order valence-corrected chi connectivity index (χ3v) is 3.90. The summed E-state index contributed by atoms with van der Waals surface area (Å²) in [6, 6.07) is -0.788. The number of aliphatic hydroxyl groups is 1. The number of nitrogens with one attached hydrogen (secondary N) is 1. The number of hydrogen-bond acceptors (Lipinski definition) is 4. The third-order valence-electron chi connectivity index (χ3n) is 3.90. The predicted octanol–water partition coefficient (Wildman–Crippen LogP) is 1.02. The summed E-state index contributed by atoms with van der Waals surface area (Å²) in [4.78, 5) is 13.6. The Bertz CT molecular complexity index is 552. The van der Waals surface area contributed by atoms with Crippen LogP contribution in [0.3, 0.4) is 0 Å². The lowest BCUT2D eigenvalue weighted by molar-refractivity contribution is -0.272. The fourth-order valence-electron chi connectivity index (χ4n) is 2.66. The highest BCUT2D eigenvalue weighted by Crippen LogP contribution is 2.37. The van der Waals surface area contributed by atoms with Gasteiger partial charge in [0.25, 0.3) is 0 Å². The van der Waals surface area contributed by atoms with Gasteiger partial charge in [-0.15, -0.1) is 12.4 Å². The standard InChI is InChI=1S/C13H19F3N4O2.ClH/c1-17-10(9-6-18-19(2)7-9)11(21)20-5-3-4-12(22,8-20)13(14,15)16;/h6-7,10,17,22H,3-5,8H2,1-2H3;1H. The van der Waals surface area contributed by atoms with Gasteiger partial charge in [0.15, 0.2) is 5.60 Å². The van der Waals surface area contributed by atoms with E-state index in [4.69, 9.17) is 0 Å². The number of rotatable bonds is 3. The Kier molecular flexibility index (Phi) is 6.06. The maximum Gasteiger partial charge on any atom is 0.418 e. The molecule has 1 aromatic heterocycles. The largest absolute Gasteiger partial charge is 0.418 e. The summed E-state index contributed by atoms with van der Waals surface area (Å²) in [5.41, 5.74) is -2.27.